The van der Waals surface area contributed by atoms with Crippen molar-refractivity contribution in [3.8, 4) is 67.9 Å². The first-order valence-corrected chi connectivity index (χ1v) is 13.6. The Bertz CT molecular complexity index is 1730. The SMILES string of the molecule is c1ccc(-c2ccnc(-c3nc(-c4cc(-c5ccccc5)ccn4)nc(-c4cc(-c5ccccc5)ccn4)n3)c2)cc1. The second kappa shape index (κ2) is 11.3. The summed E-state index contributed by atoms with van der Waals surface area (Å²) in [5, 5.41) is 0. The minimum Gasteiger partial charge on any atom is -0.253 e. The van der Waals surface area contributed by atoms with Gasteiger partial charge in [0, 0.05) is 18.6 Å². The molecule has 6 heteroatoms. The molecule has 0 aliphatic rings. The molecule has 0 bridgehead atoms. The van der Waals surface area contributed by atoms with E-state index in [1.807, 2.05) is 91.0 Å². The topological polar surface area (TPSA) is 77.3 Å². The quantitative estimate of drug-likeness (QED) is 0.212. The van der Waals surface area contributed by atoms with E-state index in [9.17, 15) is 0 Å². The van der Waals surface area contributed by atoms with E-state index in [0.29, 0.717) is 34.6 Å². The predicted octanol–water partition coefficient (Wildman–Crippen LogP) is 8.06. The molecule has 0 aliphatic carbocycles. The summed E-state index contributed by atoms with van der Waals surface area (Å²) in [7, 11) is 0. The van der Waals surface area contributed by atoms with Crippen molar-refractivity contribution in [2.75, 3.05) is 0 Å². The number of aromatic nitrogens is 6. The van der Waals surface area contributed by atoms with Crippen molar-refractivity contribution in [1.82, 2.24) is 29.9 Å². The number of hydrogen-bond donors (Lipinski definition) is 0. The second-order valence-corrected chi connectivity index (χ2v) is 9.69. The third-order valence-corrected chi connectivity index (χ3v) is 6.92. The molecule has 0 radical (unpaired) electrons. The van der Waals surface area contributed by atoms with Crippen molar-refractivity contribution in [3.05, 3.63) is 146 Å². The Morgan fingerprint density at radius 3 is 0.857 bits per heavy atom. The Kier molecular flexibility index (Phi) is 6.76. The summed E-state index contributed by atoms with van der Waals surface area (Å²) in [5.74, 6) is 1.35. The van der Waals surface area contributed by atoms with E-state index in [-0.39, 0.29) is 0 Å². The average Bonchev–Trinajstić information content (AvgIpc) is 3.09. The highest BCUT2D eigenvalue weighted by Gasteiger charge is 2.16. The standard InChI is InChI=1S/C36H24N6/c1-4-10-25(11-5-1)28-16-19-37-31(22-28)34-40-35(32-23-29(17-20-38-32)26-12-6-2-7-13-26)42-36(41-34)33-24-30(18-21-39-33)27-14-8-3-9-15-27/h1-24H. The summed E-state index contributed by atoms with van der Waals surface area (Å²) in [6.07, 6.45) is 5.34. The van der Waals surface area contributed by atoms with Gasteiger partial charge in [-0.2, -0.15) is 0 Å². The monoisotopic (exact) mass is 540 g/mol. The van der Waals surface area contributed by atoms with Crippen LogP contribution in [0.1, 0.15) is 0 Å². The van der Waals surface area contributed by atoms with Gasteiger partial charge in [0.2, 0.25) is 0 Å². The molecule has 0 fully saturated rings. The van der Waals surface area contributed by atoms with Crippen molar-refractivity contribution < 1.29 is 0 Å². The molecule has 198 valence electrons. The number of pyridine rings is 3. The lowest BCUT2D eigenvalue weighted by molar-refractivity contribution is 1.03. The molecule has 0 unspecified atom stereocenters. The van der Waals surface area contributed by atoms with Crippen molar-refractivity contribution in [2.24, 2.45) is 0 Å². The lowest BCUT2D eigenvalue weighted by Gasteiger charge is -2.10. The second-order valence-electron chi connectivity index (χ2n) is 9.69. The van der Waals surface area contributed by atoms with Gasteiger partial charge in [-0.25, -0.2) is 15.0 Å². The van der Waals surface area contributed by atoms with Crippen LogP contribution in [0.3, 0.4) is 0 Å². The van der Waals surface area contributed by atoms with Gasteiger partial charge in [0.1, 0.15) is 17.1 Å². The normalized spacial score (nSPS) is 10.9. The molecule has 0 atom stereocenters. The molecular formula is C36H24N6. The molecule has 0 saturated heterocycles. The molecule has 0 saturated carbocycles. The van der Waals surface area contributed by atoms with Crippen LogP contribution >= 0.6 is 0 Å². The summed E-state index contributed by atoms with van der Waals surface area (Å²) >= 11 is 0. The number of hydrogen-bond acceptors (Lipinski definition) is 6. The lowest BCUT2D eigenvalue weighted by Crippen LogP contribution is -2.03. The molecule has 3 aromatic carbocycles. The van der Waals surface area contributed by atoms with E-state index in [0.717, 1.165) is 33.4 Å². The first-order chi connectivity index (χ1) is 20.8. The van der Waals surface area contributed by atoms with Gasteiger partial charge in [0.25, 0.3) is 0 Å². The molecule has 4 heterocycles. The Labute approximate surface area is 243 Å². The van der Waals surface area contributed by atoms with E-state index >= 15 is 0 Å². The Morgan fingerprint density at radius 2 is 0.571 bits per heavy atom. The fraction of sp³-hybridized carbons (Fsp3) is 0. The highest BCUT2D eigenvalue weighted by atomic mass is 15.1. The molecule has 7 aromatic rings. The minimum absolute atomic E-state index is 0.451. The summed E-state index contributed by atoms with van der Waals surface area (Å²) < 4.78 is 0. The predicted molar refractivity (Wildman–Crippen MR) is 166 cm³/mol. The van der Waals surface area contributed by atoms with Crippen LogP contribution in [-0.2, 0) is 0 Å². The molecule has 4 aromatic heterocycles. The fourth-order valence-electron chi connectivity index (χ4n) is 4.81. The van der Waals surface area contributed by atoms with E-state index in [2.05, 4.69) is 51.4 Å². The largest absolute Gasteiger partial charge is 0.253 e. The smallest absolute Gasteiger partial charge is 0.182 e. The molecule has 42 heavy (non-hydrogen) atoms. The third-order valence-electron chi connectivity index (χ3n) is 6.92. The zero-order valence-corrected chi connectivity index (χ0v) is 22.5. The van der Waals surface area contributed by atoms with Gasteiger partial charge in [-0.15, -0.1) is 0 Å². The molecule has 0 aliphatic heterocycles. The average molecular weight is 541 g/mol. The van der Waals surface area contributed by atoms with Crippen LogP contribution in [0.25, 0.3) is 67.9 Å². The van der Waals surface area contributed by atoms with E-state index in [1.54, 1.807) is 18.6 Å². The van der Waals surface area contributed by atoms with E-state index in [1.165, 1.54) is 0 Å². The summed E-state index contributed by atoms with van der Waals surface area (Å²) in [6, 6.07) is 42.5. The number of rotatable bonds is 6. The maximum Gasteiger partial charge on any atom is 0.182 e. The first-order valence-electron chi connectivity index (χ1n) is 13.6. The highest BCUT2D eigenvalue weighted by Crippen LogP contribution is 2.29. The van der Waals surface area contributed by atoms with Crippen LogP contribution in [0, 0.1) is 0 Å². The Morgan fingerprint density at radius 1 is 0.286 bits per heavy atom. The van der Waals surface area contributed by atoms with E-state index < -0.39 is 0 Å². The molecule has 7 rings (SSSR count). The van der Waals surface area contributed by atoms with Gasteiger partial charge in [-0.1, -0.05) is 91.0 Å². The van der Waals surface area contributed by atoms with Crippen LogP contribution in [0.4, 0.5) is 0 Å². The summed E-state index contributed by atoms with van der Waals surface area (Å²) in [6.45, 7) is 0. The van der Waals surface area contributed by atoms with Crippen LogP contribution in [-0.4, -0.2) is 29.9 Å². The Balaban J connectivity index is 1.38. The zero-order chi connectivity index (χ0) is 28.1. The van der Waals surface area contributed by atoms with Gasteiger partial charge in [0.15, 0.2) is 17.5 Å². The maximum atomic E-state index is 4.87. The van der Waals surface area contributed by atoms with Crippen LogP contribution in [0.15, 0.2) is 146 Å². The van der Waals surface area contributed by atoms with Gasteiger partial charge < -0.3 is 0 Å². The zero-order valence-electron chi connectivity index (χ0n) is 22.5. The molecular weight excluding hydrogens is 516 g/mol. The molecule has 0 spiro atoms. The van der Waals surface area contributed by atoms with Gasteiger partial charge in [-0.3, -0.25) is 15.0 Å². The maximum absolute atomic E-state index is 4.87. The van der Waals surface area contributed by atoms with E-state index in [4.69, 9.17) is 15.0 Å². The number of benzene rings is 3. The van der Waals surface area contributed by atoms with Crippen molar-refractivity contribution >= 4 is 0 Å². The summed E-state index contributed by atoms with van der Waals surface area (Å²) in [5.41, 5.74) is 8.26. The van der Waals surface area contributed by atoms with Crippen LogP contribution < -0.4 is 0 Å². The first kappa shape index (κ1) is 25.1. The molecule has 0 N–H and O–H groups in total. The van der Waals surface area contributed by atoms with Crippen LogP contribution in [0.5, 0.6) is 0 Å². The van der Waals surface area contributed by atoms with Crippen molar-refractivity contribution in [3.63, 3.8) is 0 Å². The third kappa shape index (κ3) is 5.29. The number of nitrogens with zero attached hydrogens (tertiary/aromatic N) is 6. The molecule has 6 nitrogen and oxygen atoms in total. The highest BCUT2D eigenvalue weighted by molar-refractivity contribution is 5.73. The summed E-state index contributed by atoms with van der Waals surface area (Å²) in [4.78, 5) is 28.5. The van der Waals surface area contributed by atoms with Gasteiger partial charge in [-0.05, 0) is 69.8 Å². The fourth-order valence-corrected chi connectivity index (χ4v) is 4.81. The van der Waals surface area contributed by atoms with Gasteiger partial charge >= 0.3 is 0 Å². The van der Waals surface area contributed by atoms with Crippen LogP contribution in [0.2, 0.25) is 0 Å². The van der Waals surface area contributed by atoms with Gasteiger partial charge in [0.05, 0.1) is 0 Å². The minimum atomic E-state index is 0.451. The molecule has 0 amide bonds. The van der Waals surface area contributed by atoms with Crippen molar-refractivity contribution in [1.29, 1.82) is 0 Å². The lowest BCUT2D eigenvalue weighted by atomic mass is 10.1. The Hall–Kier alpha value is -5.88. The van der Waals surface area contributed by atoms with Crippen molar-refractivity contribution in [2.45, 2.75) is 0 Å².